The summed E-state index contributed by atoms with van der Waals surface area (Å²) in [6, 6.07) is 14.9. The number of amides is 1. The molecule has 2 aromatic carbocycles. The van der Waals surface area contributed by atoms with Crippen molar-refractivity contribution in [1.29, 1.82) is 0 Å². The smallest absolute Gasteiger partial charge is 0.264 e. The van der Waals surface area contributed by atoms with Gasteiger partial charge < -0.3 is 4.74 Å². The van der Waals surface area contributed by atoms with Gasteiger partial charge in [-0.3, -0.25) is 4.79 Å². The van der Waals surface area contributed by atoms with Crippen LogP contribution in [0.4, 0.5) is 0 Å². The lowest BCUT2D eigenvalue weighted by atomic mass is 10.0. The highest BCUT2D eigenvalue weighted by Gasteiger charge is 2.22. The van der Waals surface area contributed by atoms with Gasteiger partial charge in [-0.25, -0.2) is 13.1 Å². The lowest BCUT2D eigenvalue weighted by molar-refractivity contribution is -0.120. The molecule has 1 N–H and O–H groups in total. The van der Waals surface area contributed by atoms with E-state index >= 15 is 0 Å². The number of sulfonamides is 1. The largest absolute Gasteiger partial charge is 0.494 e. The van der Waals surface area contributed by atoms with Gasteiger partial charge in [0.15, 0.2) is 0 Å². The highest BCUT2D eigenvalue weighted by atomic mass is 32.2. The van der Waals surface area contributed by atoms with Crippen LogP contribution in [-0.4, -0.2) is 20.9 Å². The van der Waals surface area contributed by atoms with Gasteiger partial charge in [0.1, 0.15) is 5.75 Å². The van der Waals surface area contributed by atoms with E-state index in [1.54, 1.807) is 49.4 Å². The summed E-state index contributed by atoms with van der Waals surface area (Å²) in [5.74, 6) is -0.549. The molecule has 0 heterocycles. The fourth-order valence-corrected chi connectivity index (χ4v) is 3.15. The Morgan fingerprint density at radius 1 is 1.13 bits per heavy atom. The minimum atomic E-state index is -3.86. The van der Waals surface area contributed by atoms with Crippen LogP contribution in [0.3, 0.4) is 0 Å². The first-order chi connectivity index (χ1) is 10.9. The van der Waals surface area contributed by atoms with Crippen LogP contribution in [-0.2, 0) is 14.8 Å². The summed E-state index contributed by atoms with van der Waals surface area (Å²) in [6.07, 6.45) is 0. The van der Waals surface area contributed by atoms with E-state index in [9.17, 15) is 13.2 Å². The highest BCUT2D eigenvalue weighted by Crippen LogP contribution is 2.21. The number of nitrogens with one attached hydrogen (secondary N) is 1. The number of carbonyl (C=O) groups excluding carboxylic acids is 1. The maximum Gasteiger partial charge on any atom is 0.264 e. The molecule has 0 spiro atoms. The zero-order valence-electron chi connectivity index (χ0n) is 13.0. The molecular weight excluding hydrogens is 314 g/mol. The van der Waals surface area contributed by atoms with Crippen molar-refractivity contribution in [3.05, 3.63) is 60.2 Å². The molecule has 1 amide bonds. The topological polar surface area (TPSA) is 72.5 Å². The van der Waals surface area contributed by atoms with Gasteiger partial charge in [0.2, 0.25) is 5.91 Å². The van der Waals surface area contributed by atoms with Crippen LogP contribution in [0.5, 0.6) is 5.75 Å². The van der Waals surface area contributed by atoms with Crippen LogP contribution in [0.15, 0.2) is 59.5 Å². The van der Waals surface area contributed by atoms with Gasteiger partial charge in [0, 0.05) is 0 Å². The Kier molecular flexibility index (Phi) is 5.39. The molecule has 0 radical (unpaired) electrons. The molecule has 5 nitrogen and oxygen atoms in total. The Morgan fingerprint density at radius 2 is 1.83 bits per heavy atom. The summed E-state index contributed by atoms with van der Waals surface area (Å²) in [5.41, 5.74) is 0.691. The minimum absolute atomic E-state index is 0.0589. The maximum absolute atomic E-state index is 12.3. The van der Waals surface area contributed by atoms with Crippen molar-refractivity contribution in [3.8, 4) is 5.75 Å². The summed E-state index contributed by atoms with van der Waals surface area (Å²) in [7, 11) is -3.86. The molecule has 2 aromatic rings. The van der Waals surface area contributed by atoms with Crippen molar-refractivity contribution in [1.82, 2.24) is 4.72 Å². The Morgan fingerprint density at radius 3 is 2.48 bits per heavy atom. The summed E-state index contributed by atoms with van der Waals surface area (Å²) in [6.45, 7) is 4.04. The van der Waals surface area contributed by atoms with Crippen LogP contribution < -0.4 is 9.46 Å². The number of hydrogen-bond acceptors (Lipinski definition) is 4. The molecule has 1 atom stereocenters. The van der Waals surface area contributed by atoms with E-state index < -0.39 is 21.8 Å². The average molecular weight is 333 g/mol. The van der Waals surface area contributed by atoms with Crippen LogP contribution in [0, 0.1) is 0 Å². The number of hydrogen-bond donors (Lipinski definition) is 1. The van der Waals surface area contributed by atoms with Gasteiger partial charge in [-0.2, -0.15) is 0 Å². The molecule has 0 aliphatic carbocycles. The maximum atomic E-state index is 12.3. The van der Waals surface area contributed by atoms with Crippen molar-refractivity contribution in [2.75, 3.05) is 6.61 Å². The predicted octanol–water partition coefficient (Wildman–Crippen LogP) is 2.69. The van der Waals surface area contributed by atoms with Gasteiger partial charge in [-0.15, -0.1) is 0 Å². The average Bonchev–Trinajstić information content (AvgIpc) is 2.55. The summed E-state index contributed by atoms with van der Waals surface area (Å²) < 4.78 is 31.9. The van der Waals surface area contributed by atoms with Crippen molar-refractivity contribution < 1.29 is 17.9 Å². The van der Waals surface area contributed by atoms with Gasteiger partial charge in [-0.1, -0.05) is 30.3 Å². The predicted molar refractivity (Wildman–Crippen MR) is 87.8 cm³/mol. The summed E-state index contributed by atoms with van der Waals surface area (Å²) in [5, 5.41) is 0. The second-order valence-corrected chi connectivity index (χ2v) is 6.69. The Balaban J connectivity index is 2.16. The fraction of sp³-hybridized carbons (Fsp3) is 0.235. The zero-order valence-corrected chi connectivity index (χ0v) is 13.8. The monoisotopic (exact) mass is 333 g/mol. The van der Waals surface area contributed by atoms with Crippen molar-refractivity contribution >= 4 is 15.9 Å². The first-order valence-electron chi connectivity index (χ1n) is 7.28. The fourth-order valence-electron chi connectivity index (χ4n) is 2.07. The lowest BCUT2D eigenvalue weighted by Crippen LogP contribution is -2.33. The quantitative estimate of drug-likeness (QED) is 0.882. The lowest BCUT2D eigenvalue weighted by Gasteiger charge is -2.14. The minimum Gasteiger partial charge on any atom is -0.494 e. The molecule has 0 bridgehead atoms. The molecule has 1 unspecified atom stereocenters. The van der Waals surface area contributed by atoms with Crippen molar-refractivity contribution in [2.45, 2.75) is 24.7 Å². The summed E-state index contributed by atoms with van der Waals surface area (Å²) >= 11 is 0. The van der Waals surface area contributed by atoms with E-state index in [0.717, 1.165) is 0 Å². The molecule has 0 aromatic heterocycles. The van der Waals surface area contributed by atoms with Crippen LogP contribution in [0.25, 0.3) is 0 Å². The van der Waals surface area contributed by atoms with E-state index in [2.05, 4.69) is 4.72 Å². The normalized spacial score (nSPS) is 12.4. The van der Waals surface area contributed by atoms with Crippen LogP contribution in [0.2, 0.25) is 0 Å². The third kappa shape index (κ3) is 4.32. The Labute approximate surface area is 136 Å². The van der Waals surface area contributed by atoms with Crippen LogP contribution in [0.1, 0.15) is 25.3 Å². The summed E-state index contributed by atoms with van der Waals surface area (Å²) in [4.78, 5) is 12.3. The first-order valence-corrected chi connectivity index (χ1v) is 8.77. The number of rotatable bonds is 6. The Hall–Kier alpha value is -2.34. The van der Waals surface area contributed by atoms with E-state index in [1.165, 1.54) is 12.1 Å². The second kappa shape index (κ2) is 7.28. The standard InChI is InChI=1S/C17H19NO4S/c1-3-22-15-9-7-8-14(12-15)13(2)17(19)18-23(20,21)16-10-5-4-6-11-16/h4-13H,3H2,1-2H3,(H,18,19). The second-order valence-electron chi connectivity index (χ2n) is 5.01. The van der Waals surface area contributed by atoms with E-state index in [1.807, 2.05) is 6.92 Å². The SMILES string of the molecule is CCOc1cccc(C(C)C(=O)NS(=O)(=O)c2ccccc2)c1. The van der Waals surface area contributed by atoms with E-state index in [-0.39, 0.29) is 4.90 Å². The molecule has 2 rings (SSSR count). The van der Waals surface area contributed by atoms with E-state index in [0.29, 0.717) is 17.9 Å². The first kappa shape index (κ1) is 17.0. The number of benzene rings is 2. The third-order valence-electron chi connectivity index (χ3n) is 3.35. The highest BCUT2D eigenvalue weighted by molar-refractivity contribution is 7.90. The molecule has 6 heteroatoms. The molecule has 122 valence electrons. The van der Waals surface area contributed by atoms with Gasteiger partial charge in [-0.05, 0) is 43.7 Å². The van der Waals surface area contributed by atoms with Gasteiger partial charge in [0.25, 0.3) is 10.0 Å². The number of ether oxygens (including phenoxy) is 1. The molecule has 0 aliphatic rings. The van der Waals surface area contributed by atoms with Gasteiger partial charge >= 0.3 is 0 Å². The number of carbonyl (C=O) groups is 1. The van der Waals surface area contributed by atoms with Crippen molar-refractivity contribution in [2.24, 2.45) is 0 Å². The van der Waals surface area contributed by atoms with E-state index in [4.69, 9.17) is 4.74 Å². The Bertz CT molecular complexity index is 772. The van der Waals surface area contributed by atoms with Gasteiger partial charge in [0.05, 0.1) is 17.4 Å². The van der Waals surface area contributed by atoms with Crippen molar-refractivity contribution in [3.63, 3.8) is 0 Å². The molecule has 0 saturated heterocycles. The molecular formula is C17H19NO4S. The molecule has 23 heavy (non-hydrogen) atoms. The third-order valence-corrected chi connectivity index (χ3v) is 4.71. The molecule has 0 aliphatic heterocycles. The molecule has 0 saturated carbocycles. The zero-order chi connectivity index (χ0) is 16.9. The van der Waals surface area contributed by atoms with Crippen LogP contribution >= 0.6 is 0 Å². The molecule has 0 fully saturated rings.